The summed E-state index contributed by atoms with van der Waals surface area (Å²) in [4.78, 5) is 8.73. The summed E-state index contributed by atoms with van der Waals surface area (Å²) in [5.41, 5.74) is 2.92. The van der Waals surface area contributed by atoms with E-state index < -0.39 is 0 Å². The van der Waals surface area contributed by atoms with E-state index in [1.807, 2.05) is 49.4 Å². The average molecular weight is 377 g/mol. The molecule has 0 aliphatic carbocycles. The lowest BCUT2D eigenvalue weighted by Gasteiger charge is -2.06. The Morgan fingerprint density at radius 2 is 1.78 bits per heavy atom. The van der Waals surface area contributed by atoms with E-state index in [1.165, 1.54) is 0 Å². The normalized spacial score (nSPS) is 11.0. The van der Waals surface area contributed by atoms with Crippen LogP contribution in [0.2, 0.25) is 0 Å². The minimum atomic E-state index is 0.651. The van der Waals surface area contributed by atoms with Crippen molar-refractivity contribution in [3.63, 3.8) is 0 Å². The quantitative estimate of drug-likeness (QED) is 0.457. The first kappa shape index (κ1) is 17.5. The number of nitrogens with zero attached hydrogens (tertiary/aromatic N) is 5. The Morgan fingerprint density at radius 1 is 1.00 bits per heavy atom. The van der Waals surface area contributed by atoms with Gasteiger partial charge in [0.25, 0.3) is 0 Å². The number of rotatable bonds is 6. The largest absolute Gasteiger partial charge is 0.441 e. The summed E-state index contributed by atoms with van der Waals surface area (Å²) in [6.07, 6.45) is 3.53. The third kappa shape index (κ3) is 3.64. The zero-order valence-corrected chi connectivity index (χ0v) is 16.0. The highest BCUT2D eigenvalue weighted by molar-refractivity contribution is 7.98. The SMILES string of the molecule is CCn1c(SCc2nc(-c3ccccc3)oc2C)nnc1-c1ccncc1. The van der Waals surface area contributed by atoms with Gasteiger partial charge in [0.05, 0.1) is 5.69 Å². The van der Waals surface area contributed by atoms with Crippen LogP contribution in [0.3, 0.4) is 0 Å². The summed E-state index contributed by atoms with van der Waals surface area (Å²) in [5, 5.41) is 9.60. The van der Waals surface area contributed by atoms with Gasteiger partial charge in [-0.1, -0.05) is 30.0 Å². The molecule has 7 heteroatoms. The average Bonchev–Trinajstić information content (AvgIpc) is 3.30. The van der Waals surface area contributed by atoms with Gasteiger partial charge in [-0.05, 0) is 38.1 Å². The van der Waals surface area contributed by atoms with Crippen LogP contribution >= 0.6 is 11.8 Å². The van der Waals surface area contributed by atoms with Gasteiger partial charge in [-0.2, -0.15) is 0 Å². The summed E-state index contributed by atoms with van der Waals surface area (Å²) in [6, 6.07) is 13.8. The number of hydrogen-bond donors (Lipinski definition) is 0. The van der Waals surface area contributed by atoms with Crippen LogP contribution in [0.25, 0.3) is 22.8 Å². The van der Waals surface area contributed by atoms with Crippen LogP contribution in [0.4, 0.5) is 0 Å². The molecule has 0 saturated heterocycles. The number of pyridine rings is 1. The van der Waals surface area contributed by atoms with Gasteiger partial charge >= 0.3 is 0 Å². The highest BCUT2D eigenvalue weighted by atomic mass is 32.2. The zero-order chi connectivity index (χ0) is 18.6. The van der Waals surface area contributed by atoms with Crippen molar-refractivity contribution in [3.8, 4) is 22.8 Å². The lowest BCUT2D eigenvalue weighted by atomic mass is 10.2. The highest BCUT2D eigenvalue weighted by Gasteiger charge is 2.16. The molecule has 0 unspecified atom stereocenters. The third-order valence-electron chi connectivity index (χ3n) is 4.22. The molecule has 0 saturated carbocycles. The first-order valence-electron chi connectivity index (χ1n) is 8.74. The molecule has 0 spiro atoms. The van der Waals surface area contributed by atoms with Crippen LogP contribution in [-0.2, 0) is 12.3 Å². The van der Waals surface area contributed by atoms with Crippen LogP contribution < -0.4 is 0 Å². The van der Waals surface area contributed by atoms with E-state index in [2.05, 4.69) is 31.7 Å². The van der Waals surface area contributed by atoms with Crippen LogP contribution in [0.15, 0.2) is 64.4 Å². The molecule has 0 aliphatic heterocycles. The molecular weight excluding hydrogens is 358 g/mol. The molecule has 0 fully saturated rings. The van der Waals surface area contributed by atoms with Gasteiger partial charge in [0.2, 0.25) is 5.89 Å². The molecule has 0 bridgehead atoms. The molecular formula is C20H19N5OS. The third-order valence-corrected chi connectivity index (χ3v) is 5.20. The Balaban J connectivity index is 1.55. The number of benzene rings is 1. The Hall–Kier alpha value is -2.93. The topological polar surface area (TPSA) is 69.6 Å². The summed E-state index contributed by atoms with van der Waals surface area (Å²) in [7, 11) is 0. The van der Waals surface area contributed by atoms with Crippen molar-refractivity contribution < 1.29 is 4.42 Å². The number of aromatic nitrogens is 5. The van der Waals surface area contributed by atoms with Gasteiger partial charge in [0, 0.05) is 35.8 Å². The van der Waals surface area contributed by atoms with Gasteiger partial charge in [-0.3, -0.25) is 4.98 Å². The van der Waals surface area contributed by atoms with Gasteiger partial charge in [0.1, 0.15) is 5.76 Å². The monoisotopic (exact) mass is 377 g/mol. The van der Waals surface area contributed by atoms with Crippen molar-refractivity contribution in [2.75, 3.05) is 0 Å². The maximum atomic E-state index is 5.85. The number of aryl methyl sites for hydroxylation is 1. The van der Waals surface area contributed by atoms with Crippen molar-refractivity contribution in [1.29, 1.82) is 0 Å². The van der Waals surface area contributed by atoms with Crippen molar-refractivity contribution in [2.24, 2.45) is 0 Å². The molecule has 4 aromatic rings. The summed E-state index contributed by atoms with van der Waals surface area (Å²) in [6.45, 7) is 4.83. The second kappa shape index (κ2) is 7.75. The molecule has 0 atom stereocenters. The second-order valence-electron chi connectivity index (χ2n) is 5.96. The van der Waals surface area contributed by atoms with Crippen molar-refractivity contribution in [2.45, 2.75) is 31.3 Å². The minimum absolute atomic E-state index is 0.651. The Bertz CT molecular complexity index is 1030. The Labute approximate surface area is 161 Å². The Kier molecular flexibility index (Phi) is 5.02. The van der Waals surface area contributed by atoms with Gasteiger partial charge in [0.15, 0.2) is 11.0 Å². The maximum absolute atomic E-state index is 5.85. The standard InChI is InChI=1S/C20H19N5OS/c1-3-25-18(15-9-11-21-12-10-15)23-24-20(25)27-13-17-14(2)26-19(22-17)16-7-5-4-6-8-16/h4-12H,3,13H2,1-2H3. The van der Waals surface area contributed by atoms with E-state index in [0.717, 1.165) is 40.1 Å². The lowest BCUT2D eigenvalue weighted by Crippen LogP contribution is -2.00. The van der Waals surface area contributed by atoms with Crippen molar-refractivity contribution in [3.05, 3.63) is 66.3 Å². The van der Waals surface area contributed by atoms with E-state index in [0.29, 0.717) is 11.6 Å². The molecule has 0 radical (unpaired) electrons. The Morgan fingerprint density at radius 3 is 2.52 bits per heavy atom. The molecule has 1 aromatic carbocycles. The smallest absolute Gasteiger partial charge is 0.226 e. The van der Waals surface area contributed by atoms with Crippen LogP contribution in [-0.4, -0.2) is 24.7 Å². The fourth-order valence-corrected chi connectivity index (χ4v) is 3.80. The predicted octanol–water partition coefficient (Wildman–Crippen LogP) is 4.62. The van der Waals surface area contributed by atoms with E-state index >= 15 is 0 Å². The molecule has 6 nitrogen and oxygen atoms in total. The second-order valence-corrected chi connectivity index (χ2v) is 6.91. The highest BCUT2D eigenvalue weighted by Crippen LogP contribution is 2.29. The van der Waals surface area contributed by atoms with E-state index in [9.17, 15) is 0 Å². The molecule has 136 valence electrons. The van der Waals surface area contributed by atoms with E-state index in [-0.39, 0.29) is 0 Å². The molecule has 0 amide bonds. The van der Waals surface area contributed by atoms with E-state index in [4.69, 9.17) is 4.42 Å². The number of oxazole rings is 1. The van der Waals surface area contributed by atoms with Crippen LogP contribution in [0, 0.1) is 6.92 Å². The van der Waals surface area contributed by atoms with Gasteiger partial charge < -0.3 is 8.98 Å². The molecule has 3 heterocycles. The first-order valence-corrected chi connectivity index (χ1v) is 9.73. The molecule has 27 heavy (non-hydrogen) atoms. The zero-order valence-electron chi connectivity index (χ0n) is 15.2. The van der Waals surface area contributed by atoms with Crippen molar-refractivity contribution in [1.82, 2.24) is 24.7 Å². The fraction of sp³-hybridized carbons (Fsp3) is 0.200. The lowest BCUT2D eigenvalue weighted by molar-refractivity contribution is 0.540. The predicted molar refractivity (Wildman–Crippen MR) is 105 cm³/mol. The van der Waals surface area contributed by atoms with Crippen LogP contribution in [0.1, 0.15) is 18.4 Å². The molecule has 0 aliphatic rings. The maximum Gasteiger partial charge on any atom is 0.226 e. The molecule has 4 rings (SSSR count). The fourth-order valence-electron chi connectivity index (χ4n) is 2.79. The van der Waals surface area contributed by atoms with Crippen molar-refractivity contribution >= 4 is 11.8 Å². The van der Waals surface area contributed by atoms with E-state index in [1.54, 1.807) is 24.2 Å². The number of hydrogen-bond acceptors (Lipinski definition) is 6. The summed E-state index contributed by atoms with van der Waals surface area (Å²) >= 11 is 1.61. The van der Waals surface area contributed by atoms with Gasteiger partial charge in [-0.25, -0.2) is 4.98 Å². The van der Waals surface area contributed by atoms with Gasteiger partial charge in [-0.15, -0.1) is 10.2 Å². The van der Waals surface area contributed by atoms with Crippen LogP contribution in [0.5, 0.6) is 0 Å². The first-order chi connectivity index (χ1) is 13.3. The summed E-state index contributed by atoms with van der Waals surface area (Å²) in [5.74, 6) is 3.01. The molecule has 3 aromatic heterocycles. The summed E-state index contributed by atoms with van der Waals surface area (Å²) < 4.78 is 7.95. The number of thioether (sulfide) groups is 1. The molecule has 0 N–H and O–H groups in total. The minimum Gasteiger partial charge on any atom is -0.441 e.